The molecule has 0 bridgehead atoms. The van der Waals surface area contributed by atoms with E-state index in [0.717, 1.165) is 12.8 Å². The zero-order chi connectivity index (χ0) is 9.47. The summed E-state index contributed by atoms with van der Waals surface area (Å²) in [6, 6.07) is 2.07. The molecular weight excluding hydrogens is 160 g/mol. The minimum Gasteiger partial charge on any atom is -0.321 e. The highest BCUT2D eigenvalue weighted by molar-refractivity contribution is 5.36. The Hall–Kier alpha value is -0.890. The molecule has 13 heavy (non-hydrogen) atoms. The Kier molecular flexibility index (Phi) is 1.88. The summed E-state index contributed by atoms with van der Waals surface area (Å²) in [4.78, 5) is 4.15. The molecule has 1 fully saturated rings. The van der Waals surface area contributed by atoms with Crippen molar-refractivity contribution >= 4 is 0 Å². The average Bonchev–Trinajstić information content (AvgIpc) is 2.85. The molecule has 2 heteroatoms. The van der Waals surface area contributed by atoms with Crippen molar-refractivity contribution in [2.75, 3.05) is 0 Å². The molecule has 0 aromatic carbocycles. The number of rotatable bonds is 2. The molecule has 2 rings (SSSR count). The van der Waals surface area contributed by atoms with Gasteiger partial charge in [-0.25, -0.2) is 0 Å². The van der Waals surface area contributed by atoms with Gasteiger partial charge in [0.2, 0.25) is 0 Å². The summed E-state index contributed by atoms with van der Waals surface area (Å²) in [6.07, 6.45) is 6.04. The predicted octanol–water partition coefficient (Wildman–Crippen LogP) is 2.15. The highest BCUT2D eigenvalue weighted by atomic mass is 14.8. The quantitative estimate of drug-likeness (QED) is 0.750. The van der Waals surface area contributed by atoms with E-state index in [4.69, 9.17) is 5.73 Å². The minimum atomic E-state index is -0.0253. The zero-order valence-electron chi connectivity index (χ0n) is 8.25. The van der Waals surface area contributed by atoms with Crippen molar-refractivity contribution < 1.29 is 0 Å². The summed E-state index contributed by atoms with van der Waals surface area (Å²) >= 11 is 0. The second-order valence-corrected chi connectivity index (χ2v) is 4.27. The topological polar surface area (TPSA) is 38.9 Å². The number of aromatic nitrogens is 1. The Labute approximate surface area is 79.2 Å². The van der Waals surface area contributed by atoms with Gasteiger partial charge in [0.15, 0.2) is 0 Å². The molecule has 1 saturated carbocycles. The van der Waals surface area contributed by atoms with Crippen LogP contribution in [0.15, 0.2) is 18.5 Å². The molecule has 1 aliphatic rings. The molecule has 70 valence electrons. The van der Waals surface area contributed by atoms with Crippen LogP contribution < -0.4 is 5.73 Å². The smallest absolute Gasteiger partial charge is 0.0415 e. The second-order valence-electron chi connectivity index (χ2n) is 4.27. The van der Waals surface area contributed by atoms with Crippen molar-refractivity contribution in [2.24, 2.45) is 5.73 Å². The third-order valence-electron chi connectivity index (χ3n) is 2.80. The number of nitrogens with two attached hydrogens (primary N) is 1. The number of hydrogen-bond acceptors (Lipinski definition) is 2. The van der Waals surface area contributed by atoms with Gasteiger partial charge in [-0.2, -0.15) is 0 Å². The van der Waals surface area contributed by atoms with Crippen molar-refractivity contribution in [1.82, 2.24) is 4.98 Å². The largest absolute Gasteiger partial charge is 0.321 e. The van der Waals surface area contributed by atoms with Gasteiger partial charge >= 0.3 is 0 Å². The molecule has 1 aromatic heterocycles. The van der Waals surface area contributed by atoms with Gasteiger partial charge in [0.1, 0.15) is 0 Å². The van der Waals surface area contributed by atoms with Gasteiger partial charge in [0.25, 0.3) is 0 Å². The fraction of sp³-hybridized carbons (Fsp3) is 0.545. The summed E-state index contributed by atoms with van der Waals surface area (Å²) in [6.45, 7) is 4.37. The van der Waals surface area contributed by atoms with Crippen molar-refractivity contribution in [1.29, 1.82) is 0 Å². The van der Waals surface area contributed by atoms with Crippen LogP contribution in [0.4, 0.5) is 0 Å². The SMILES string of the molecule is CC(C)c1cnccc1C1(N)CC1. The Morgan fingerprint density at radius 1 is 1.46 bits per heavy atom. The zero-order valence-corrected chi connectivity index (χ0v) is 8.25. The van der Waals surface area contributed by atoms with Crippen LogP contribution in [0, 0.1) is 0 Å². The molecular formula is C11H16N2. The van der Waals surface area contributed by atoms with E-state index in [2.05, 4.69) is 24.9 Å². The molecule has 0 unspecified atom stereocenters. The standard InChI is InChI=1S/C11H16N2/c1-8(2)9-7-13-6-3-10(9)11(12)4-5-11/h3,6-8H,4-5,12H2,1-2H3. The van der Waals surface area contributed by atoms with Crippen LogP contribution in [0.3, 0.4) is 0 Å². The predicted molar refractivity (Wildman–Crippen MR) is 53.4 cm³/mol. The molecule has 1 heterocycles. The lowest BCUT2D eigenvalue weighted by molar-refractivity contribution is 0.703. The maximum Gasteiger partial charge on any atom is 0.0415 e. The van der Waals surface area contributed by atoms with E-state index < -0.39 is 0 Å². The van der Waals surface area contributed by atoms with Crippen LogP contribution in [-0.4, -0.2) is 4.98 Å². The third kappa shape index (κ3) is 1.46. The summed E-state index contributed by atoms with van der Waals surface area (Å²) in [5.41, 5.74) is 8.76. The Morgan fingerprint density at radius 2 is 2.15 bits per heavy atom. The van der Waals surface area contributed by atoms with Crippen LogP contribution in [0.2, 0.25) is 0 Å². The lowest BCUT2D eigenvalue weighted by Crippen LogP contribution is -2.21. The number of hydrogen-bond donors (Lipinski definition) is 1. The maximum absolute atomic E-state index is 6.18. The van der Waals surface area contributed by atoms with E-state index in [0.29, 0.717) is 5.92 Å². The third-order valence-corrected chi connectivity index (χ3v) is 2.80. The number of nitrogens with zero attached hydrogens (tertiary/aromatic N) is 1. The van der Waals surface area contributed by atoms with Gasteiger partial charge in [0.05, 0.1) is 0 Å². The van der Waals surface area contributed by atoms with Crippen LogP contribution in [0.1, 0.15) is 43.7 Å². The van der Waals surface area contributed by atoms with E-state index in [1.165, 1.54) is 11.1 Å². The van der Waals surface area contributed by atoms with Crippen molar-refractivity contribution in [3.05, 3.63) is 29.6 Å². The highest BCUT2D eigenvalue weighted by Gasteiger charge is 2.41. The first-order valence-corrected chi connectivity index (χ1v) is 4.87. The first kappa shape index (κ1) is 8.70. The van der Waals surface area contributed by atoms with E-state index in [-0.39, 0.29) is 5.54 Å². The lowest BCUT2D eigenvalue weighted by atomic mass is 9.94. The molecule has 1 aromatic rings. The van der Waals surface area contributed by atoms with Crippen LogP contribution in [0.5, 0.6) is 0 Å². The van der Waals surface area contributed by atoms with Crippen molar-refractivity contribution in [3.8, 4) is 0 Å². The molecule has 0 radical (unpaired) electrons. The molecule has 0 aliphatic heterocycles. The molecule has 0 atom stereocenters. The van der Waals surface area contributed by atoms with E-state index in [1.54, 1.807) is 0 Å². The molecule has 2 nitrogen and oxygen atoms in total. The lowest BCUT2D eigenvalue weighted by Gasteiger charge is -2.16. The first-order valence-electron chi connectivity index (χ1n) is 4.87. The van der Waals surface area contributed by atoms with Gasteiger partial charge in [0, 0.05) is 17.9 Å². The number of pyridine rings is 1. The molecule has 0 amide bonds. The normalized spacial score (nSPS) is 19.1. The van der Waals surface area contributed by atoms with Gasteiger partial charge < -0.3 is 5.73 Å². The van der Waals surface area contributed by atoms with E-state index in [1.807, 2.05) is 12.4 Å². The molecule has 0 saturated heterocycles. The Bertz CT molecular complexity index is 314. The van der Waals surface area contributed by atoms with Crippen molar-refractivity contribution in [3.63, 3.8) is 0 Å². The summed E-state index contributed by atoms with van der Waals surface area (Å²) in [5.74, 6) is 0.518. The van der Waals surface area contributed by atoms with E-state index >= 15 is 0 Å². The van der Waals surface area contributed by atoms with Gasteiger partial charge in [-0.05, 0) is 36.0 Å². The summed E-state index contributed by atoms with van der Waals surface area (Å²) in [7, 11) is 0. The van der Waals surface area contributed by atoms with Crippen LogP contribution >= 0.6 is 0 Å². The van der Waals surface area contributed by atoms with Crippen LogP contribution in [-0.2, 0) is 5.54 Å². The average molecular weight is 176 g/mol. The highest BCUT2D eigenvalue weighted by Crippen LogP contribution is 2.45. The monoisotopic (exact) mass is 176 g/mol. The van der Waals surface area contributed by atoms with Crippen LogP contribution in [0.25, 0.3) is 0 Å². The molecule has 1 aliphatic carbocycles. The van der Waals surface area contributed by atoms with E-state index in [9.17, 15) is 0 Å². The Balaban J connectivity index is 2.44. The van der Waals surface area contributed by atoms with Gasteiger partial charge in [-0.1, -0.05) is 13.8 Å². The fourth-order valence-corrected chi connectivity index (χ4v) is 1.72. The molecule has 2 N–H and O–H groups in total. The minimum absolute atomic E-state index is 0.0253. The van der Waals surface area contributed by atoms with Gasteiger partial charge in [-0.15, -0.1) is 0 Å². The van der Waals surface area contributed by atoms with Crippen molar-refractivity contribution in [2.45, 2.75) is 38.1 Å². The maximum atomic E-state index is 6.18. The summed E-state index contributed by atoms with van der Waals surface area (Å²) in [5, 5.41) is 0. The molecule has 0 spiro atoms. The van der Waals surface area contributed by atoms with Gasteiger partial charge in [-0.3, -0.25) is 4.98 Å². The Morgan fingerprint density at radius 3 is 2.69 bits per heavy atom. The summed E-state index contributed by atoms with van der Waals surface area (Å²) < 4.78 is 0. The second kappa shape index (κ2) is 2.81. The first-order chi connectivity index (χ1) is 6.13. The fourth-order valence-electron chi connectivity index (χ4n) is 1.72.